The molecule has 6 nitrogen and oxygen atoms in total. The molecule has 0 spiro atoms. The molecule has 0 aromatic heterocycles. The third-order valence-corrected chi connectivity index (χ3v) is 10.6. The summed E-state index contributed by atoms with van der Waals surface area (Å²) in [5.74, 6) is -1.53. The molecule has 236 valence electrons. The second kappa shape index (κ2) is 10.9. The average Bonchev–Trinajstić information content (AvgIpc) is 3.64. The number of ketones is 1. The molecular formula is C42H33NO5. The van der Waals surface area contributed by atoms with Crippen molar-refractivity contribution in [2.45, 2.75) is 17.8 Å². The van der Waals surface area contributed by atoms with E-state index in [4.69, 9.17) is 9.47 Å². The van der Waals surface area contributed by atoms with Crippen LogP contribution in [0.4, 0.5) is 5.69 Å². The van der Waals surface area contributed by atoms with Crippen molar-refractivity contribution in [3.8, 4) is 11.5 Å². The molecule has 2 bridgehead atoms. The smallest absolute Gasteiger partial charge is 0.239 e. The van der Waals surface area contributed by atoms with Crippen LogP contribution in [0.25, 0.3) is 11.1 Å². The van der Waals surface area contributed by atoms with E-state index in [1.807, 2.05) is 140 Å². The predicted octanol–water partition coefficient (Wildman–Crippen LogP) is 7.20. The van der Waals surface area contributed by atoms with E-state index in [1.54, 1.807) is 14.2 Å². The van der Waals surface area contributed by atoms with Gasteiger partial charge in [0.05, 0.1) is 42.6 Å². The summed E-state index contributed by atoms with van der Waals surface area (Å²) in [5.41, 5.74) is 2.78. The van der Waals surface area contributed by atoms with E-state index >= 15 is 14.4 Å². The van der Waals surface area contributed by atoms with Crippen molar-refractivity contribution in [2.75, 3.05) is 19.1 Å². The van der Waals surface area contributed by atoms with E-state index in [0.29, 0.717) is 28.3 Å². The van der Waals surface area contributed by atoms with Gasteiger partial charge in [0, 0.05) is 0 Å². The number of allylic oxidation sites excluding steroid dienone is 2. The molecule has 0 unspecified atom stereocenters. The summed E-state index contributed by atoms with van der Waals surface area (Å²) < 4.78 is 11.0. The van der Waals surface area contributed by atoms with E-state index in [2.05, 4.69) is 0 Å². The van der Waals surface area contributed by atoms with Gasteiger partial charge in [-0.25, -0.2) is 4.90 Å². The highest BCUT2D eigenvalue weighted by molar-refractivity contribution is 6.39. The lowest BCUT2D eigenvalue weighted by Gasteiger charge is -2.39. The van der Waals surface area contributed by atoms with Crippen molar-refractivity contribution in [1.82, 2.24) is 0 Å². The molecule has 3 aliphatic rings. The van der Waals surface area contributed by atoms with Crippen LogP contribution in [0.2, 0.25) is 0 Å². The van der Waals surface area contributed by atoms with Gasteiger partial charge in [0.1, 0.15) is 11.5 Å². The number of aryl methyl sites for hydroxylation is 1. The molecule has 1 saturated carbocycles. The average molecular weight is 632 g/mol. The number of carbonyl (C=O) groups excluding carboxylic acids is 3. The van der Waals surface area contributed by atoms with E-state index in [9.17, 15) is 0 Å². The number of amides is 2. The molecule has 1 heterocycles. The summed E-state index contributed by atoms with van der Waals surface area (Å²) in [6.07, 6.45) is 0. The number of methoxy groups -OCH3 is 2. The van der Waals surface area contributed by atoms with Gasteiger partial charge in [-0.05, 0) is 76.2 Å². The molecule has 2 amide bonds. The fourth-order valence-electron chi connectivity index (χ4n) is 8.69. The van der Waals surface area contributed by atoms with Crippen molar-refractivity contribution in [1.29, 1.82) is 0 Å². The number of benzene rings is 5. The molecule has 5 aromatic carbocycles. The first-order valence-electron chi connectivity index (χ1n) is 16.0. The first-order valence-corrected chi connectivity index (χ1v) is 16.0. The number of imide groups is 1. The summed E-state index contributed by atoms with van der Waals surface area (Å²) >= 11 is 0. The minimum atomic E-state index is -1.48. The molecule has 1 aliphatic heterocycles. The zero-order valence-corrected chi connectivity index (χ0v) is 26.8. The Labute approximate surface area is 279 Å². The summed E-state index contributed by atoms with van der Waals surface area (Å²) in [6.45, 7) is 1.90. The summed E-state index contributed by atoms with van der Waals surface area (Å²) in [6, 6.07) is 41.8. The van der Waals surface area contributed by atoms with Crippen LogP contribution < -0.4 is 14.4 Å². The van der Waals surface area contributed by atoms with Crippen molar-refractivity contribution in [3.63, 3.8) is 0 Å². The maximum atomic E-state index is 16.0. The first-order chi connectivity index (χ1) is 23.4. The van der Waals surface area contributed by atoms with Crippen molar-refractivity contribution in [2.24, 2.45) is 11.8 Å². The Morgan fingerprint density at radius 2 is 0.917 bits per heavy atom. The molecule has 8 rings (SSSR count). The Bertz CT molecular complexity index is 1990. The van der Waals surface area contributed by atoms with Crippen LogP contribution in [0.5, 0.6) is 11.5 Å². The number of fused-ring (bicyclic) bond motifs is 5. The van der Waals surface area contributed by atoms with Crippen LogP contribution in [-0.2, 0) is 25.2 Å². The molecule has 2 aliphatic carbocycles. The Kier molecular flexibility index (Phi) is 6.74. The predicted molar refractivity (Wildman–Crippen MR) is 185 cm³/mol. The number of Topliss-reactive ketones (excluding diaryl/α,β-unsaturated/α-hetero) is 1. The van der Waals surface area contributed by atoms with Crippen LogP contribution in [0.15, 0.2) is 133 Å². The van der Waals surface area contributed by atoms with Crippen molar-refractivity contribution >= 4 is 34.4 Å². The number of carbonyl (C=O) groups is 3. The molecule has 6 heteroatoms. The van der Waals surface area contributed by atoms with Gasteiger partial charge in [-0.3, -0.25) is 14.4 Å². The van der Waals surface area contributed by atoms with Gasteiger partial charge in [0.25, 0.3) is 0 Å². The number of rotatable bonds is 7. The van der Waals surface area contributed by atoms with Gasteiger partial charge in [-0.15, -0.1) is 0 Å². The van der Waals surface area contributed by atoms with Gasteiger partial charge < -0.3 is 9.47 Å². The van der Waals surface area contributed by atoms with Gasteiger partial charge in [-0.1, -0.05) is 103 Å². The molecule has 2 fully saturated rings. The summed E-state index contributed by atoms with van der Waals surface area (Å²) in [4.78, 5) is 47.6. The Balaban J connectivity index is 1.55. The van der Waals surface area contributed by atoms with E-state index in [0.717, 1.165) is 27.8 Å². The molecule has 1 saturated heterocycles. The third-order valence-electron chi connectivity index (χ3n) is 10.6. The maximum Gasteiger partial charge on any atom is 0.239 e. The first kappa shape index (κ1) is 29.6. The zero-order chi connectivity index (χ0) is 33.2. The number of ether oxygens (including phenoxy) is 2. The zero-order valence-electron chi connectivity index (χ0n) is 26.8. The highest BCUT2D eigenvalue weighted by Gasteiger charge is 2.82. The summed E-state index contributed by atoms with van der Waals surface area (Å²) in [7, 11) is 3.23. The summed E-state index contributed by atoms with van der Waals surface area (Å²) in [5, 5.41) is 0. The SMILES string of the molecule is COc1ccc(C2=C(c3ccc(OC)cc3)[C@@]3(c4ccccc4)C(=O)[C@@]2(c2ccccc2)[C@H]2C(=O)N(c4ccccc4C)C(=O)[C@@H]23)cc1. The highest BCUT2D eigenvalue weighted by atomic mass is 16.5. The second-order valence-electron chi connectivity index (χ2n) is 12.6. The van der Waals surface area contributed by atoms with Crippen LogP contribution in [0.1, 0.15) is 27.8 Å². The number of anilines is 1. The van der Waals surface area contributed by atoms with Crippen LogP contribution in [0, 0.1) is 18.8 Å². The van der Waals surface area contributed by atoms with Gasteiger partial charge in [0.15, 0.2) is 5.78 Å². The van der Waals surface area contributed by atoms with Crippen molar-refractivity contribution < 1.29 is 23.9 Å². The lowest BCUT2D eigenvalue weighted by molar-refractivity contribution is -0.130. The minimum Gasteiger partial charge on any atom is -0.497 e. The van der Waals surface area contributed by atoms with Crippen LogP contribution in [-0.4, -0.2) is 31.8 Å². The number of para-hydroxylation sites is 1. The molecule has 5 aromatic rings. The van der Waals surface area contributed by atoms with Gasteiger partial charge in [-0.2, -0.15) is 0 Å². The largest absolute Gasteiger partial charge is 0.497 e. The maximum absolute atomic E-state index is 16.0. The third kappa shape index (κ3) is 3.71. The number of nitrogens with zero attached hydrogens (tertiary/aromatic N) is 1. The fraction of sp³-hybridized carbons (Fsp3) is 0.167. The quantitative estimate of drug-likeness (QED) is 0.178. The Morgan fingerprint density at radius 3 is 1.31 bits per heavy atom. The van der Waals surface area contributed by atoms with Gasteiger partial charge in [0.2, 0.25) is 11.8 Å². The molecule has 4 atom stereocenters. The Hall–Kier alpha value is -5.75. The second-order valence-corrected chi connectivity index (χ2v) is 12.6. The lowest BCUT2D eigenvalue weighted by atomic mass is 9.59. The standard InChI is InChI=1S/C42H33NO5/c1-26-12-10-11-17-33(26)43-38(44)36-37(39(43)45)42(30-15-8-5-9-16-30)35(28-20-24-32(48-3)25-21-28)34(27-18-22-31(47-2)23-19-27)41(36,40(42)46)29-13-6-4-7-14-29/h4-25,36-37H,1-3H3/t36-,37-,41-,42-/m1/s1. The minimum absolute atomic E-state index is 0.162. The van der Waals surface area contributed by atoms with Crippen LogP contribution in [0.3, 0.4) is 0 Å². The molecular weight excluding hydrogens is 598 g/mol. The van der Waals surface area contributed by atoms with E-state index in [1.165, 1.54) is 4.90 Å². The molecule has 0 radical (unpaired) electrons. The monoisotopic (exact) mass is 631 g/mol. The Morgan fingerprint density at radius 1 is 0.521 bits per heavy atom. The van der Waals surface area contributed by atoms with Gasteiger partial charge >= 0.3 is 0 Å². The number of hydrogen-bond acceptors (Lipinski definition) is 5. The van der Waals surface area contributed by atoms with E-state index < -0.39 is 22.7 Å². The van der Waals surface area contributed by atoms with E-state index in [-0.39, 0.29) is 17.6 Å². The van der Waals surface area contributed by atoms with Crippen LogP contribution >= 0.6 is 0 Å². The fourth-order valence-corrected chi connectivity index (χ4v) is 8.69. The molecule has 48 heavy (non-hydrogen) atoms. The highest BCUT2D eigenvalue weighted by Crippen LogP contribution is 2.74. The van der Waals surface area contributed by atoms with Crippen molar-refractivity contribution in [3.05, 3.63) is 161 Å². The number of hydrogen-bond donors (Lipinski definition) is 0. The lowest BCUT2D eigenvalue weighted by Crippen LogP contribution is -2.45. The normalized spacial score (nSPS) is 24.3. The topological polar surface area (TPSA) is 72.9 Å². The molecule has 0 N–H and O–H groups in total.